The van der Waals surface area contributed by atoms with Gasteiger partial charge in [0.1, 0.15) is 5.75 Å². The largest absolute Gasteiger partial charge is 0.437 e. The number of nitrogens with zero attached hydrogens (tertiary/aromatic N) is 4. The van der Waals surface area contributed by atoms with Crippen molar-refractivity contribution in [3.05, 3.63) is 76.0 Å². The number of pyridine rings is 3. The molecule has 0 saturated carbocycles. The monoisotopic (exact) mass is 457 g/mol. The second-order valence-corrected chi connectivity index (χ2v) is 8.92. The van der Waals surface area contributed by atoms with E-state index in [0.29, 0.717) is 45.4 Å². The van der Waals surface area contributed by atoms with Gasteiger partial charge in [-0.3, -0.25) is 9.78 Å². The first-order chi connectivity index (χ1) is 16.0. The zero-order chi connectivity index (χ0) is 22.9. The molecule has 0 aliphatic heterocycles. The van der Waals surface area contributed by atoms with Crippen LogP contribution in [0.1, 0.15) is 25.8 Å². The molecule has 0 radical (unpaired) electrons. The first-order valence-corrected chi connectivity index (χ1v) is 11.0. The van der Waals surface area contributed by atoms with Crippen LogP contribution < -0.4 is 10.1 Å². The van der Waals surface area contributed by atoms with E-state index >= 15 is 0 Å². The Morgan fingerprint density at radius 3 is 2.70 bits per heavy atom. The third-order valence-electron chi connectivity index (χ3n) is 5.03. The van der Waals surface area contributed by atoms with Crippen molar-refractivity contribution in [3.63, 3.8) is 0 Å². The van der Waals surface area contributed by atoms with Gasteiger partial charge in [0.15, 0.2) is 0 Å². The summed E-state index contributed by atoms with van der Waals surface area (Å²) in [6.07, 6.45) is 4.80. The molecule has 0 spiro atoms. The molecule has 0 fully saturated rings. The van der Waals surface area contributed by atoms with Gasteiger partial charge in [-0.2, -0.15) is 0 Å². The Morgan fingerprint density at radius 2 is 2.00 bits per heavy atom. The number of carbonyl (C=O) groups is 1. The van der Waals surface area contributed by atoms with Crippen LogP contribution in [-0.4, -0.2) is 26.0 Å². The Labute approximate surface area is 193 Å². The van der Waals surface area contributed by atoms with Crippen LogP contribution in [0.2, 0.25) is 0 Å². The molecule has 0 atom stereocenters. The van der Waals surface area contributed by atoms with Crippen molar-refractivity contribution in [1.29, 1.82) is 0 Å². The summed E-state index contributed by atoms with van der Waals surface area (Å²) in [5.74, 6) is 0.672. The molecule has 0 aliphatic rings. The molecule has 5 heterocycles. The first-order valence-electron chi connectivity index (χ1n) is 10.2. The highest BCUT2D eigenvalue weighted by molar-refractivity contribution is 7.12. The second kappa shape index (κ2) is 8.44. The number of amides is 1. The van der Waals surface area contributed by atoms with Gasteiger partial charge in [0.25, 0.3) is 11.6 Å². The Hall–Kier alpha value is -4.11. The van der Waals surface area contributed by atoms with E-state index in [2.05, 4.69) is 31.5 Å². The smallest absolute Gasteiger partial charge is 0.259 e. The summed E-state index contributed by atoms with van der Waals surface area (Å²) in [5.41, 5.74) is 3.54. The van der Waals surface area contributed by atoms with E-state index in [1.165, 1.54) is 11.1 Å². The van der Waals surface area contributed by atoms with E-state index in [4.69, 9.17) is 9.26 Å². The zero-order valence-electron chi connectivity index (χ0n) is 18.1. The number of anilines is 1. The van der Waals surface area contributed by atoms with Crippen molar-refractivity contribution in [1.82, 2.24) is 20.1 Å². The number of hydrogen-bond acceptors (Lipinski definition) is 8. The molecule has 5 aromatic heterocycles. The lowest BCUT2D eigenvalue weighted by molar-refractivity contribution is 0.102. The fourth-order valence-electron chi connectivity index (χ4n) is 3.54. The summed E-state index contributed by atoms with van der Waals surface area (Å²) in [5, 5.41) is 7.49. The molecule has 33 heavy (non-hydrogen) atoms. The Balaban J connectivity index is 1.44. The van der Waals surface area contributed by atoms with E-state index in [0.717, 1.165) is 10.4 Å². The van der Waals surface area contributed by atoms with E-state index in [1.54, 1.807) is 61.0 Å². The second-order valence-electron chi connectivity index (χ2n) is 7.46. The van der Waals surface area contributed by atoms with Crippen LogP contribution in [0.4, 0.5) is 5.69 Å². The number of aryl methyl sites for hydroxylation is 3. The molecule has 0 bridgehead atoms. The lowest BCUT2D eigenvalue weighted by Gasteiger charge is -2.09. The van der Waals surface area contributed by atoms with Crippen molar-refractivity contribution >= 4 is 34.0 Å². The normalized spacial score (nSPS) is 11.0. The molecule has 5 aromatic rings. The summed E-state index contributed by atoms with van der Waals surface area (Å²) in [4.78, 5) is 28.4. The van der Waals surface area contributed by atoms with Crippen LogP contribution >= 0.6 is 11.3 Å². The molecule has 164 valence electrons. The number of ether oxygens (including phenoxy) is 1. The predicted octanol–water partition coefficient (Wildman–Crippen LogP) is 5.71. The zero-order valence-corrected chi connectivity index (χ0v) is 18.9. The maximum atomic E-state index is 13.3. The summed E-state index contributed by atoms with van der Waals surface area (Å²) >= 11 is 1.68. The lowest BCUT2D eigenvalue weighted by atomic mass is 10.1. The Kier molecular flexibility index (Phi) is 5.31. The van der Waals surface area contributed by atoms with Gasteiger partial charge in [-0.05, 0) is 51.1 Å². The van der Waals surface area contributed by atoms with Crippen molar-refractivity contribution in [2.75, 3.05) is 5.32 Å². The van der Waals surface area contributed by atoms with Crippen LogP contribution in [0.15, 0.2) is 59.5 Å². The van der Waals surface area contributed by atoms with Crippen molar-refractivity contribution < 1.29 is 14.1 Å². The summed E-state index contributed by atoms with van der Waals surface area (Å²) in [6, 6.07) is 10.8. The van der Waals surface area contributed by atoms with Gasteiger partial charge in [0, 0.05) is 27.6 Å². The number of rotatable bonds is 5. The molecule has 1 amide bonds. The predicted molar refractivity (Wildman–Crippen MR) is 126 cm³/mol. The molecule has 0 aromatic carbocycles. The van der Waals surface area contributed by atoms with E-state index in [1.807, 2.05) is 13.8 Å². The van der Waals surface area contributed by atoms with Gasteiger partial charge < -0.3 is 14.6 Å². The van der Waals surface area contributed by atoms with Crippen molar-refractivity contribution in [2.24, 2.45) is 0 Å². The molecule has 1 N–H and O–H groups in total. The minimum absolute atomic E-state index is 0.303. The third kappa shape index (κ3) is 4.18. The van der Waals surface area contributed by atoms with Crippen LogP contribution in [0.25, 0.3) is 22.4 Å². The Bertz CT molecular complexity index is 1460. The number of nitrogens with one attached hydrogen (secondary N) is 1. The number of fused-ring (bicyclic) bond motifs is 1. The average molecular weight is 458 g/mol. The van der Waals surface area contributed by atoms with E-state index in [9.17, 15) is 4.79 Å². The van der Waals surface area contributed by atoms with Gasteiger partial charge in [0.05, 0.1) is 40.4 Å². The van der Waals surface area contributed by atoms with Crippen LogP contribution in [-0.2, 0) is 0 Å². The van der Waals surface area contributed by atoms with Crippen molar-refractivity contribution in [3.8, 4) is 22.9 Å². The van der Waals surface area contributed by atoms with Gasteiger partial charge in [-0.1, -0.05) is 5.16 Å². The maximum absolute atomic E-state index is 13.3. The highest BCUT2D eigenvalue weighted by Crippen LogP contribution is 2.33. The van der Waals surface area contributed by atoms with Gasteiger partial charge in [-0.15, -0.1) is 11.3 Å². The third-order valence-corrected chi connectivity index (χ3v) is 6.00. The maximum Gasteiger partial charge on any atom is 0.259 e. The van der Waals surface area contributed by atoms with Crippen LogP contribution in [0, 0.1) is 20.8 Å². The fraction of sp³-hybridized carbons (Fsp3) is 0.125. The quantitative estimate of drug-likeness (QED) is 0.360. The SMILES string of the molecule is Cc1cc(-c2cc(C(=O)Nc3ccc(Oc4cccnc4)nc3)c3c(C)noc3n2)c(C)s1. The number of carbonyl (C=O) groups excluding carboxylic acids is 1. The van der Waals surface area contributed by atoms with Gasteiger partial charge in [0.2, 0.25) is 5.88 Å². The van der Waals surface area contributed by atoms with Crippen LogP contribution in [0.5, 0.6) is 11.6 Å². The van der Waals surface area contributed by atoms with E-state index in [-0.39, 0.29) is 5.91 Å². The number of hydrogen-bond donors (Lipinski definition) is 1. The van der Waals surface area contributed by atoms with Crippen LogP contribution in [0.3, 0.4) is 0 Å². The highest BCUT2D eigenvalue weighted by Gasteiger charge is 2.21. The molecule has 9 heteroatoms. The highest BCUT2D eigenvalue weighted by atomic mass is 32.1. The average Bonchev–Trinajstić information content (AvgIpc) is 3.36. The topological polar surface area (TPSA) is 103 Å². The minimum Gasteiger partial charge on any atom is -0.437 e. The van der Waals surface area contributed by atoms with Gasteiger partial charge >= 0.3 is 0 Å². The first kappa shape index (κ1) is 20.8. The molecule has 0 aliphatic carbocycles. The standard InChI is InChI=1S/C24H19N5O3S/c1-13-9-18(15(3)33-13)20-10-19(22-14(2)29-32-24(22)28-20)23(30)27-16-6-7-21(26-11-16)31-17-5-4-8-25-12-17/h4-12H,1-3H3,(H,27,30). The molecular weight excluding hydrogens is 438 g/mol. The fourth-order valence-corrected chi connectivity index (χ4v) is 4.47. The summed E-state index contributed by atoms with van der Waals surface area (Å²) in [7, 11) is 0. The molecular formula is C24H19N5O3S. The molecule has 5 rings (SSSR count). The van der Waals surface area contributed by atoms with E-state index < -0.39 is 0 Å². The van der Waals surface area contributed by atoms with Gasteiger partial charge in [-0.25, -0.2) is 9.97 Å². The molecule has 0 unspecified atom stereocenters. The minimum atomic E-state index is -0.303. The lowest BCUT2D eigenvalue weighted by Crippen LogP contribution is -2.13. The number of thiophene rings is 1. The Morgan fingerprint density at radius 1 is 1.12 bits per heavy atom. The molecule has 8 nitrogen and oxygen atoms in total. The summed E-state index contributed by atoms with van der Waals surface area (Å²) < 4.78 is 11.0. The molecule has 0 saturated heterocycles. The van der Waals surface area contributed by atoms with Crippen molar-refractivity contribution in [2.45, 2.75) is 20.8 Å². The summed E-state index contributed by atoms with van der Waals surface area (Å²) in [6.45, 7) is 5.86. The number of aromatic nitrogens is 4.